The van der Waals surface area contributed by atoms with Crippen LogP contribution in [0.2, 0.25) is 5.02 Å². The van der Waals surface area contributed by atoms with Crippen LogP contribution >= 0.6 is 11.6 Å². The number of rotatable bonds is 4. The highest BCUT2D eigenvalue weighted by Gasteiger charge is 2.39. The van der Waals surface area contributed by atoms with E-state index in [1.165, 1.54) is 0 Å². The minimum Gasteiger partial charge on any atom is -0.497 e. The molecule has 1 aliphatic rings. The summed E-state index contributed by atoms with van der Waals surface area (Å²) in [7, 11) is -1.65. The highest BCUT2D eigenvalue weighted by atomic mass is 35.5. The van der Waals surface area contributed by atoms with Crippen LogP contribution in [0, 0.1) is 0 Å². The van der Waals surface area contributed by atoms with Crippen LogP contribution < -0.4 is 15.4 Å². The van der Waals surface area contributed by atoms with Crippen LogP contribution in [0.4, 0.5) is 10.5 Å². The summed E-state index contributed by atoms with van der Waals surface area (Å²) in [5.74, 6) is 0.310. The molecule has 1 aliphatic heterocycles. The van der Waals surface area contributed by atoms with Crippen molar-refractivity contribution in [2.45, 2.75) is 12.0 Å². The number of anilines is 1. The minimum absolute atomic E-state index is 0.00518. The summed E-state index contributed by atoms with van der Waals surface area (Å²) in [6.07, 6.45) is 0. The number of amides is 2. The largest absolute Gasteiger partial charge is 0.497 e. The van der Waals surface area contributed by atoms with Gasteiger partial charge in [0.2, 0.25) is 0 Å². The summed E-state index contributed by atoms with van der Waals surface area (Å²) in [5, 5.41) is 6.04. The van der Waals surface area contributed by atoms with Gasteiger partial charge in [-0.25, -0.2) is 13.2 Å². The second-order valence-electron chi connectivity index (χ2n) is 6.17. The Morgan fingerprint density at radius 2 is 1.73 bits per heavy atom. The molecule has 0 aliphatic carbocycles. The summed E-state index contributed by atoms with van der Waals surface area (Å²) in [6, 6.07) is 13.0. The van der Waals surface area contributed by atoms with Crippen molar-refractivity contribution in [1.29, 1.82) is 0 Å². The minimum atomic E-state index is -3.22. The van der Waals surface area contributed by atoms with E-state index >= 15 is 0 Å². The third-order valence-corrected chi connectivity index (χ3v) is 6.30. The monoisotopic (exact) mass is 394 g/mol. The number of carbonyl (C=O) groups excluding carboxylic acids is 1. The number of methoxy groups -OCH3 is 1. The van der Waals surface area contributed by atoms with Crippen molar-refractivity contribution < 1.29 is 17.9 Å². The topological polar surface area (TPSA) is 84.5 Å². The fourth-order valence-corrected chi connectivity index (χ4v) is 5.13. The van der Waals surface area contributed by atoms with Crippen LogP contribution in [-0.2, 0) is 9.84 Å². The highest BCUT2D eigenvalue weighted by molar-refractivity contribution is 7.91. The number of hydrogen-bond donors (Lipinski definition) is 2. The number of nitrogens with one attached hydrogen (secondary N) is 2. The molecule has 0 saturated carbocycles. The zero-order chi connectivity index (χ0) is 18.7. The molecule has 1 saturated heterocycles. The van der Waals surface area contributed by atoms with Gasteiger partial charge in [0.05, 0.1) is 24.7 Å². The molecule has 2 amide bonds. The molecule has 0 spiro atoms. The molecular formula is C18H19ClN2O4S. The molecule has 2 unspecified atom stereocenters. The molecule has 26 heavy (non-hydrogen) atoms. The molecule has 0 radical (unpaired) electrons. The van der Waals surface area contributed by atoms with Gasteiger partial charge in [-0.05, 0) is 42.0 Å². The average Bonchev–Trinajstić information content (AvgIpc) is 2.91. The number of benzene rings is 2. The molecule has 2 aromatic rings. The lowest BCUT2D eigenvalue weighted by Crippen LogP contribution is -2.41. The Morgan fingerprint density at radius 1 is 1.08 bits per heavy atom. The number of hydrogen-bond acceptors (Lipinski definition) is 4. The van der Waals surface area contributed by atoms with Crippen molar-refractivity contribution in [3.05, 3.63) is 59.1 Å². The van der Waals surface area contributed by atoms with Gasteiger partial charge in [-0.15, -0.1) is 0 Å². The normalized spacial score (nSPS) is 21.2. The predicted octanol–water partition coefficient (Wildman–Crippen LogP) is 3.05. The zero-order valence-corrected chi connectivity index (χ0v) is 15.7. The standard InChI is InChI=1S/C18H19ClN2O4S/c1-25-15-8-2-12(3-9-15)16-10-26(23,24)11-17(16)21-18(22)20-14-6-4-13(19)5-7-14/h2-9,16-17H,10-11H2,1H3,(H2,20,21,22). The highest BCUT2D eigenvalue weighted by Crippen LogP contribution is 2.30. The zero-order valence-electron chi connectivity index (χ0n) is 14.1. The van der Waals surface area contributed by atoms with Crippen molar-refractivity contribution >= 4 is 33.2 Å². The lowest BCUT2D eigenvalue weighted by Gasteiger charge is -2.20. The van der Waals surface area contributed by atoms with Crippen molar-refractivity contribution in [1.82, 2.24) is 5.32 Å². The first-order chi connectivity index (χ1) is 12.4. The SMILES string of the molecule is COc1ccc(C2CS(=O)(=O)CC2NC(=O)Nc2ccc(Cl)cc2)cc1. The molecule has 2 N–H and O–H groups in total. The number of urea groups is 1. The van der Waals surface area contributed by atoms with E-state index in [1.807, 2.05) is 12.1 Å². The van der Waals surface area contributed by atoms with Crippen molar-refractivity contribution in [2.24, 2.45) is 0 Å². The fraction of sp³-hybridized carbons (Fsp3) is 0.278. The maximum atomic E-state index is 12.3. The molecule has 1 fully saturated rings. The van der Waals surface area contributed by atoms with E-state index in [0.29, 0.717) is 16.5 Å². The Bertz CT molecular complexity index is 882. The second-order valence-corrected chi connectivity index (χ2v) is 8.76. The lowest BCUT2D eigenvalue weighted by molar-refractivity contribution is 0.248. The van der Waals surface area contributed by atoms with Gasteiger partial charge in [0.1, 0.15) is 5.75 Å². The van der Waals surface area contributed by atoms with Crippen LogP contribution in [0.1, 0.15) is 11.5 Å². The molecule has 2 aromatic carbocycles. The molecule has 6 nitrogen and oxygen atoms in total. The molecular weight excluding hydrogens is 376 g/mol. The van der Waals surface area contributed by atoms with Crippen LogP contribution in [-0.4, -0.2) is 39.1 Å². The van der Waals surface area contributed by atoms with Crippen LogP contribution in [0.3, 0.4) is 0 Å². The summed E-state index contributed by atoms with van der Waals surface area (Å²) < 4.78 is 29.4. The second kappa shape index (κ2) is 7.55. The first kappa shape index (κ1) is 18.5. The number of halogens is 1. The predicted molar refractivity (Wildman–Crippen MR) is 102 cm³/mol. The van der Waals surface area contributed by atoms with E-state index in [2.05, 4.69) is 10.6 Å². The van der Waals surface area contributed by atoms with E-state index < -0.39 is 21.9 Å². The van der Waals surface area contributed by atoms with E-state index in [0.717, 1.165) is 5.56 Å². The van der Waals surface area contributed by atoms with E-state index in [-0.39, 0.29) is 17.4 Å². The Balaban J connectivity index is 1.73. The fourth-order valence-electron chi connectivity index (χ4n) is 3.04. The van der Waals surface area contributed by atoms with Gasteiger partial charge in [0.25, 0.3) is 0 Å². The van der Waals surface area contributed by atoms with Gasteiger partial charge >= 0.3 is 6.03 Å². The molecule has 0 bridgehead atoms. The molecule has 0 aromatic heterocycles. The van der Waals surface area contributed by atoms with Crippen LogP contribution in [0.15, 0.2) is 48.5 Å². The molecule has 1 heterocycles. The van der Waals surface area contributed by atoms with Gasteiger partial charge < -0.3 is 15.4 Å². The summed E-state index contributed by atoms with van der Waals surface area (Å²) >= 11 is 5.82. The lowest BCUT2D eigenvalue weighted by atomic mass is 9.94. The van der Waals surface area contributed by atoms with Crippen LogP contribution in [0.25, 0.3) is 0 Å². The number of ether oxygens (including phenoxy) is 1. The Kier molecular flexibility index (Phi) is 5.38. The molecule has 3 rings (SSSR count). The number of carbonyl (C=O) groups is 1. The maximum absolute atomic E-state index is 12.3. The van der Waals surface area contributed by atoms with Crippen molar-refractivity contribution in [3.63, 3.8) is 0 Å². The van der Waals surface area contributed by atoms with Crippen molar-refractivity contribution in [3.8, 4) is 5.75 Å². The third kappa shape index (κ3) is 4.47. The van der Waals surface area contributed by atoms with Crippen LogP contribution in [0.5, 0.6) is 5.75 Å². The summed E-state index contributed by atoms with van der Waals surface area (Å²) in [5.41, 5.74) is 1.43. The summed E-state index contributed by atoms with van der Waals surface area (Å²) in [6.45, 7) is 0. The molecule has 8 heteroatoms. The smallest absolute Gasteiger partial charge is 0.319 e. The Morgan fingerprint density at radius 3 is 2.35 bits per heavy atom. The first-order valence-corrected chi connectivity index (χ1v) is 10.2. The quantitative estimate of drug-likeness (QED) is 0.834. The first-order valence-electron chi connectivity index (χ1n) is 8.04. The maximum Gasteiger partial charge on any atom is 0.319 e. The van der Waals surface area contributed by atoms with Gasteiger partial charge in [-0.2, -0.15) is 0 Å². The van der Waals surface area contributed by atoms with Gasteiger partial charge in [0.15, 0.2) is 9.84 Å². The molecule has 138 valence electrons. The van der Waals surface area contributed by atoms with Gasteiger partial charge in [0, 0.05) is 16.6 Å². The Hall–Kier alpha value is -2.25. The van der Waals surface area contributed by atoms with E-state index in [1.54, 1.807) is 43.5 Å². The number of sulfone groups is 1. The Labute approximate surface area is 157 Å². The van der Waals surface area contributed by atoms with Gasteiger partial charge in [-0.3, -0.25) is 0 Å². The summed E-state index contributed by atoms with van der Waals surface area (Å²) in [4.78, 5) is 12.3. The average molecular weight is 395 g/mol. The van der Waals surface area contributed by atoms with Gasteiger partial charge in [-0.1, -0.05) is 23.7 Å². The van der Waals surface area contributed by atoms with Crippen molar-refractivity contribution in [2.75, 3.05) is 23.9 Å². The van der Waals surface area contributed by atoms with E-state index in [4.69, 9.17) is 16.3 Å². The third-order valence-electron chi connectivity index (χ3n) is 4.32. The van der Waals surface area contributed by atoms with E-state index in [9.17, 15) is 13.2 Å². The molecule has 2 atom stereocenters.